The number of halogens is 3. The quantitative estimate of drug-likeness (QED) is 0.485. The monoisotopic (exact) mass is 354 g/mol. The highest BCUT2D eigenvalue weighted by Gasteiger charge is 2.08. The number of hydrogen-bond acceptors (Lipinski definition) is 1. The minimum Gasteiger partial charge on any atom is -0.366 e. The Balaban J connectivity index is 2.22. The topological polar surface area (TPSA) is 15.6 Å². The highest BCUT2D eigenvalue weighted by atomic mass is 35.5. The first-order valence-electron chi connectivity index (χ1n) is 6.96. The maximum Gasteiger partial charge on any atom is 0.0910 e. The van der Waals surface area contributed by atoms with Crippen molar-refractivity contribution in [1.82, 2.24) is 4.90 Å². The molecule has 2 aromatic carbocycles. The van der Waals surface area contributed by atoms with Crippen molar-refractivity contribution in [3.63, 3.8) is 0 Å². The fraction of sp³-hybridized carbons (Fsp3) is 0.235. The Morgan fingerprint density at radius 2 is 1.73 bits per heavy atom. The van der Waals surface area contributed by atoms with E-state index in [-0.39, 0.29) is 0 Å². The Hall–Kier alpha value is -1.22. The van der Waals surface area contributed by atoms with Crippen LogP contribution in [0.1, 0.15) is 18.1 Å². The standard InChI is InChI=1S/C17H17Cl3N2/c1-3-22(2)11-21-17-10-15(19)13(9-16(17)20)8-12-4-6-14(18)7-5-12/h4-7,9-11H,3,8H2,1-2H3. The van der Waals surface area contributed by atoms with Gasteiger partial charge in [0.1, 0.15) is 0 Å². The molecule has 0 atom stereocenters. The second-order valence-electron chi connectivity index (χ2n) is 5.02. The summed E-state index contributed by atoms with van der Waals surface area (Å²) in [4.78, 5) is 6.33. The summed E-state index contributed by atoms with van der Waals surface area (Å²) < 4.78 is 0. The zero-order valence-electron chi connectivity index (χ0n) is 12.5. The predicted molar refractivity (Wildman–Crippen MR) is 97.2 cm³/mol. The third-order valence-electron chi connectivity index (χ3n) is 3.32. The molecule has 0 amide bonds. The molecule has 0 aliphatic rings. The van der Waals surface area contributed by atoms with Crippen LogP contribution in [-0.4, -0.2) is 24.8 Å². The lowest BCUT2D eigenvalue weighted by molar-refractivity contribution is 0.552. The van der Waals surface area contributed by atoms with Gasteiger partial charge in [0.05, 0.1) is 17.0 Å². The summed E-state index contributed by atoms with van der Waals surface area (Å²) in [6.07, 6.45) is 2.45. The van der Waals surface area contributed by atoms with E-state index in [0.29, 0.717) is 22.2 Å². The molecule has 0 spiro atoms. The molecular formula is C17H17Cl3N2. The largest absolute Gasteiger partial charge is 0.366 e. The Labute approximate surface area is 146 Å². The summed E-state index contributed by atoms with van der Waals surface area (Å²) in [6.45, 7) is 2.93. The molecule has 0 heterocycles. The molecule has 5 heteroatoms. The highest BCUT2D eigenvalue weighted by Crippen LogP contribution is 2.32. The van der Waals surface area contributed by atoms with Crippen molar-refractivity contribution in [1.29, 1.82) is 0 Å². The highest BCUT2D eigenvalue weighted by molar-refractivity contribution is 6.35. The molecule has 0 unspecified atom stereocenters. The van der Waals surface area contributed by atoms with Crippen molar-refractivity contribution < 1.29 is 0 Å². The average Bonchev–Trinajstić information content (AvgIpc) is 2.51. The van der Waals surface area contributed by atoms with E-state index >= 15 is 0 Å². The maximum absolute atomic E-state index is 6.36. The van der Waals surface area contributed by atoms with Gasteiger partial charge in [-0.2, -0.15) is 0 Å². The average molecular weight is 356 g/mol. The zero-order chi connectivity index (χ0) is 16.1. The van der Waals surface area contributed by atoms with Crippen molar-refractivity contribution in [2.75, 3.05) is 13.6 Å². The van der Waals surface area contributed by atoms with Gasteiger partial charge in [-0.25, -0.2) is 4.99 Å². The number of benzene rings is 2. The number of hydrogen-bond donors (Lipinski definition) is 0. The van der Waals surface area contributed by atoms with Crippen LogP contribution < -0.4 is 0 Å². The van der Waals surface area contributed by atoms with Gasteiger partial charge in [0, 0.05) is 23.6 Å². The van der Waals surface area contributed by atoms with E-state index in [9.17, 15) is 0 Å². The van der Waals surface area contributed by atoms with E-state index in [2.05, 4.69) is 11.9 Å². The molecule has 0 fully saturated rings. The van der Waals surface area contributed by atoms with E-state index in [0.717, 1.165) is 22.7 Å². The molecule has 116 valence electrons. The van der Waals surface area contributed by atoms with Crippen LogP contribution in [0.4, 0.5) is 5.69 Å². The van der Waals surface area contributed by atoms with Crippen LogP contribution in [0.3, 0.4) is 0 Å². The molecule has 0 aromatic heterocycles. The van der Waals surface area contributed by atoms with Crippen LogP contribution in [-0.2, 0) is 6.42 Å². The van der Waals surface area contributed by atoms with E-state index in [4.69, 9.17) is 34.8 Å². The van der Waals surface area contributed by atoms with Gasteiger partial charge in [-0.3, -0.25) is 0 Å². The third kappa shape index (κ3) is 4.64. The molecule has 0 bridgehead atoms. The third-order valence-corrected chi connectivity index (χ3v) is 4.22. The summed E-state index contributed by atoms with van der Waals surface area (Å²) >= 11 is 18.6. The van der Waals surface area contributed by atoms with Crippen molar-refractivity contribution in [2.45, 2.75) is 13.3 Å². The second-order valence-corrected chi connectivity index (χ2v) is 6.27. The van der Waals surface area contributed by atoms with E-state index < -0.39 is 0 Å². The van der Waals surface area contributed by atoms with Crippen LogP contribution >= 0.6 is 34.8 Å². The van der Waals surface area contributed by atoms with Crippen LogP contribution in [0, 0.1) is 0 Å². The Morgan fingerprint density at radius 3 is 2.36 bits per heavy atom. The molecule has 0 saturated carbocycles. The van der Waals surface area contributed by atoms with Crippen LogP contribution in [0.25, 0.3) is 0 Å². The fourth-order valence-electron chi connectivity index (χ4n) is 1.88. The van der Waals surface area contributed by atoms with Crippen molar-refractivity contribution in [3.05, 3.63) is 62.6 Å². The molecule has 0 aliphatic heterocycles. The van der Waals surface area contributed by atoms with Gasteiger partial charge in [-0.05, 0) is 48.7 Å². The van der Waals surface area contributed by atoms with Gasteiger partial charge in [0.25, 0.3) is 0 Å². The lowest BCUT2D eigenvalue weighted by Crippen LogP contribution is -2.14. The normalized spacial score (nSPS) is 11.1. The first kappa shape index (κ1) is 17.1. The lowest BCUT2D eigenvalue weighted by atomic mass is 10.0. The molecule has 22 heavy (non-hydrogen) atoms. The van der Waals surface area contributed by atoms with Gasteiger partial charge in [-0.1, -0.05) is 46.9 Å². The molecule has 0 aliphatic carbocycles. The summed E-state index contributed by atoms with van der Waals surface area (Å²) in [5.74, 6) is 0. The molecule has 2 aromatic rings. The lowest BCUT2D eigenvalue weighted by Gasteiger charge is -2.10. The summed E-state index contributed by atoms with van der Waals surface area (Å²) in [6, 6.07) is 11.4. The van der Waals surface area contributed by atoms with E-state index in [1.165, 1.54) is 0 Å². The smallest absolute Gasteiger partial charge is 0.0910 e. The summed E-state index contributed by atoms with van der Waals surface area (Å²) in [5.41, 5.74) is 2.77. The van der Waals surface area contributed by atoms with Crippen LogP contribution in [0.2, 0.25) is 15.1 Å². The predicted octanol–water partition coefficient (Wildman–Crippen LogP) is 5.85. The molecular weight excluding hydrogens is 339 g/mol. The molecule has 0 saturated heterocycles. The SMILES string of the molecule is CCN(C)C=Nc1cc(Cl)c(Cc2ccc(Cl)cc2)cc1Cl. The minimum absolute atomic E-state index is 0.592. The zero-order valence-corrected chi connectivity index (χ0v) is 14.8. The number of rotatable bonds is 5. The molecule has 0 N–H and O–H groups in total. The van der Waals surface area contributed by atoms with E-state index in [1.54, 1.807) is 12.4 Å². The molecule has 0 radical (unpaired) electrons. The Morgan fingerprint density at radius 1 is 1.05 bits per heavy atom. The summed E-state index contributed by atoms with van der Waals surface area (Å²) in [5, 5.41) is 1.97. The Kier molecular flexibility index (Phi) is 6.13. The van der Waals surface area contributed by atoms with Crippen molar-refractivity contribution >= 4 is 46.8 Å². The number of aliphatic imine (C=N–C) groups is 1. The van der Waals surface area contributed by atoms with Gasteiger partial charge >= 0.3 is 0 Å². The van der Waals surface area contributed by atoms with E-state index in [1.807, 2.05) is 42.3 Å². The second kappa shape index (κ2) is 7.87. The van der Waals surface area contributed by atoms with Gasteiger partial charge < -0.3 is 4.90 Å². The first-order chi connectivity index (χ1) is 10.5. The number of nitrogens with zero attached hydrogens (tertiary/aromatic N) is 2. The fourth-order valence-corrected chi connectivity index (χ4v) is 2.46. The summed E-state index contributed by atoms with van der Waals surface area (Å²) in [7, 11) is 1.95. The van der Waals surface area contributed by atoms with Crippen molar-refractivity contribution in [3.8, 4) is 0 Å². The Bertz CT molecular complexity index is 666. The van der Waals surface area contributed by atoms with Crippen LogP contribution in [0.15, 0.2) is 41.4 Å². The van der Waals surface area contributed by atoms with Gasteiger partial charge in [-0.15, -0.1) is 0 Å². The van der Waals surface area contributed by atoms with Gasteiger partial charge in [0.15, 0.2) is 0 Å². The van der Waals surface area contributed by atoms with Gasteiger partial charge in [0.2, 0.25) is 0 Å². The van der Waals surface area contributed by atoms with Crippen LogP contribution in [0.5, 0.6) is 0 Å². The minimum atomic E-state index is 0.592. The molecule has 2 nitrogen and oxygen atoms in total. The first-order valence-corrected chi connectivity index (χ1v) is 8.09. The molecule has 2 rings (SSSR count). The maximum atomic E-state index is 6.36. The van der Waals surface area contributed by atoms with Crippen molar-refractivity contribution in [2.24, 2.45) is 4.99 Å².